The standard InChI is InChI=1S/C10H13N5O3/c1-11-8-3-2-7(15(17)18)10(13-8)14-5-4-12-9(16)6-14/h2-3H,4-6H2,1H3,(H,11,13)(H,12,16). The molecule has 2 rings (SSSR count). The van der Waals surface area contributed by atoms with Gasteiger partial charge in [-0.3, -0.25) is 14.9 Å². The summed E-state index contributed by atoms with van der Waals surface area (Å²) >= 11 is 0. The van der Waals surface area contributed by atoms with Crippen LogP contribution in [0.25, 0.3) is 0 Å². The van der Waals surface area contributed by atoms with Gasteiger partial charge in [0, 0.05) is 26.2 Å². The van der Waals surface area contributed by atoms with Crippen LogP contribution in [-0.4, -0.2) is 42.5 Å². The number of nitrogens with one attached hydrogen (secondary N) is 2. The molecule has 1 aromatic heterocycles. The molecule has 1 aliphatic heterocycles. The van der Waals surface area contributed by atoms with Crippen LogP contribution in [0.2, 0.25) is 0 Å². The molecule has 96 valence electrons. The average molecular weight is 251 g/mol. The Hall–Kier alpha value is -2.38. The van der Waals surface area contributed by atoms with Gasteiger partial charge in [0.1, 0.15) is 5.82 Å². The molecule has 1 fully saturated rings. The molecule has 0 aliphatic carbocycles. The van der Waals surface area contributed by atoms with Crippen LogP contribution in [0.15, 0.2) is 12.1 Å². The highest BCUT2D eigenvalue weighted by Gasteiger charge is 2.25. The molecule has 0 atom stereocenters. The van der Waals surface area contributed by atoms with Crippen LogP contribution in [0.3, 0.4) is 0 Å². The van der Waals surface area contributed by atoms with E-state index in [-0.39, 0.29) is 24.0 Å². The van der Waals surface area contributed by atoms with E-state index in [1.807, 2.05) is 0 Å². The van der Waals surface area contributed by atoms with Gasteiger partial charge in [-0.05, 0) is 6.07 Å². The lowest BCUT2D eigenvalue weighted by molar-refractivity contribution is -0.384. The molecule has 1 amide bonds. The Morgan fingerprint density at radius 1 is 1.56 bits per heavy atom. The smallest absolute Gasteiger partial charge is 0.311 e. The van der Waals surface area contributed by atoms with Crippen molar-refractivity contribution in [3.8, 4) is 0 Å². The van der Waals surface area contributed by atoms with Gasteiger partial charge in [0.15, 0.2) is 0 Å². The van der Waals surface area contributed by atoms with Gasteiger partial charge in [0.05, 0.1) is 11.5 Å². The van der Waals surface area contributed by atoms with E-state index in [0.29, 0.717) is 18.9 Å². The number of rotatable bonds is 3. The third-order valence-corrected chi connectivity index (χ3v) is 2.65. The number of anilines is 2. The van der Waals surface area contributed by atoms with Crippen molar-refractivity contribution in [1.82, 2.24) is 10.3 Å². The van der Waals surface area contributed by atoms with Gasteiger partial charge in [0.25, 0.3) is 0 Å². The highest BCUT2D eigenvalue weighted by Crippen LogP contribution is 2.27. The number of hydrogen-bond acceptors (Lipinski definition) is 6. The van der Waals surface area contributed by atoms with Crippen LogP contribution in [0, 0.1) is 10.1 Å². The summed E-state index contributed by atoms with van der Waals surface area (Å²) in [4.78, 5) is 27.6. The second-order valence-corrected chi connectivity index (χ2v) is 3.82. The number of nitro groups is 1. The van der Waals surface area contributed by atoms with Crippen molar-refractivity contribution in [1.29, 1.82) is 0 Å². The molecule has 1 saturated heterocycles. The van der Waals surface area contributed by atoms with Crippen molar-refractivity contribution in [2.24, 2.45) is 0 Å². The Labute approximate surface area is 103 Å². The maximum Gasteiger partial charge on any atom is 0.311 e. The molecule has 0 saturated carbocycles. The Morgan fingerprint density at radius 3 is 2.94 bits per heavy atom. The molecule has 8 nitrogen and oxygen atoms in total. The van der Waals surface area contributed by atoms with E-state index < -0.39 is 4.92 Å². The van der Waals surface area contributed by atoms with Crippen molar-refractivity contribution in [2.45, 2.75) is 0 Å². The molecule has 2 N–H and O–H groups in total. The van der Waals surface area contributed by atoms with Crippen LogP contribution < -0.4 is 15.5 Å². The van der Waals surface area contributed by atoms with Gasteiger partial charge in [0.2, 0.25) is 11.7 Å². The number of hydrogen-bond donors (Lipinski definition) is 2. The van der Waals surface area contributed by atoms with Crippen LogP contribution in [0.5, 0.6) is 0 Å². The first-order valence-electron chi connectivity index (χ1n) is 5.46. The minimum Gasteiger partial charge on any atom is -0.373 e. The SMILES string of the molecule is CNc1ccc([N+](=O)[O-])c(N2CCNC(=O)C2)n1. The van der Waals surface area contributed by atoms with Crippen LogP contribution >= 0.6 is 0 Å². The number of carbonyl (C=O) groups excluding carboxylic acids is 1. The predicted octanol–water partition coefficient (Wildman–Crippen LogP) is -0.0323. The summed E-state index contributed by atoms with van der Waals surface area (Å²) in [5, 5.41) is 16.5. The van der Waals surface area contributed by atoms with E-state index in [2.05, 4.69) is 15.6 Å². The number of amides is 1. The quantitative estimate of drug-likeness (QED) is 0.578. The van der Waals surface area contributed by atoms with Crippen molar-refractivity contribution in [3.05, 3.63) is 22.2 Å². The first-order chi connectivity index (χ1) is 8.61. The molecule has 2 heterocycles. The summed E-state index contributed by atoms with van der Waals surface area (Å²) in [6, 6.07) is 2.92. The average Bonchev–Trinajstić information content (AvgIpc) is 2.38. The van der Waals surface area contributed by atoms with E-state index in [4.69, 9.17) is 0 Å². The predicted molar refractivity (Wildman–Crippen MR) is 65.7 cm³/mol. The largest absolute Gasteiger partial charge is 0.373 e. The number of aromatic nitrogens is 1. The van der Waals surface area contributed by atoms with Crippen molar-refractivity contribution in [2.75, 3.05) is 36.9 Å². The zero-order valence-electron chi connectivity index (χ0n) is 9.84. The van der Waals surface area contributed by atoms with E-state index >= 15 is 0 Å². The van der Waals surface area contributed by atoms with Gasteiger partial charge >= 0.3 is 5.69 Å². The molecule has 0 aromatic carbocycles. The highest BCUT2D eigenvalue weighted by molar-refractivity contribution is 5.83. The lowest BCUT2D eigenvalue weighted by Crippen LogP contribution is -2.48. The highest BCUT2D eigenvalue weighted by atomic mass is 16.6. The molecule has 0 unspecified atom stereocenters. The molecular formula is C10H13N5O3. The van der Waals surface area contributed by atoms with Gasteiger partial charge in [-0.2, -0.15) is 0 Å². The van der Waals surface area contributed by atoms with Crippen molar-refractivity contribution < 1.29 is 9.72 Å². The lowest BCUT2D eigenvalue weighted by Gasteiger charge is -2.27. The van der Waals surface area contributed by atoms with Crippen LogP contribution in [-0.2, 0) is 4.79 Å². The molecule has 0 spiro atoms. The monoisotopic (exact) mass is 251 g/mol. The number of pyridine rings is 1. The molecule has 8 heteroatoms. The van der Waals surface area contributed by atoms with E-state index in [1.54, 1.807) is 11.9 Å². The third-order valence-electron chi connectivity index (χ3n) is 2.65. The summed E-state index contributed by atoms with van der Waals surface area (Å²) in [5.41, 5.74) is -0.0938. The molecule has 0 radical (unpaired) electrons. The van der Waals surface area contributed by atoms with Crippen LogP contribution in [0.1, 0.15) is 0 Å². The maximum absolute atomic E-state index is 11.3. The van der Waals surface area contributed by atoms with Gasteiger partial charge < -0.3 is 15.5 Å². The number of nitrogens with zero attached hydrogens (tertiary/aromatic N) is 3. The first-order valence-corrected chi connectivity index (χ1v) is 5.46. The molecule has 1 aromatic rings. The van der Waals surface area contributed by atoms with Crippen LogP contribution in [0.4, 0.5) is 17.3 Å². The molecule has 1 aliphatic rings. The fourth-order valence-corrected chi connectivity index (χ4v) is 1.77. The van der Waals surface area contributed by atoms with Gasteiger partial charge in [-0.15, -0.1) is 0 Å². The minimum atomic E-state index is -0.492. The Kier molecular flexibility index (Phi) is 3.26. The molecule has 18 heavy (non-hydrogen) atoms. The zero-order valence-corrected chi connectivity index (χ0v) is 9.84. The van der Waals surface area contributed by atoms with Gasteiger partial charge in [-0.1, -0.05) is 0 Å². The summed E-state index contributed by atoms with van der Waals surface area (Å²) in [6.45, 7) is 1.05. The fourth-order valence-electron chi connectivity index (χ4n) is 1.77. The summed E-state index contributed by atoms with van der Waals surface area (Å²) in [7, 11) is 1.68. The van der Waals surface area contributed by atoms with E-state index in [0.717, 1.165) is 0 Å². The Bertz CT molecular complexity index is 490. The normalized spacial score (nSPS) is 15.2. The Morgan fingerprint density at radius 2 is 2.33 bits per heavy atom. The molecule has 0 bridgehead atoms. The van der Waals surface area contributed by atoms with Crippen molar-refractivity contribution in [3.63, 3.8) is 0 Å². The third kappa shape index (κ3) is 2.31. The van der Waals surface area contributed by atoms with E-state index in [9.17, 15) is 14.9 Å². The maximum atomic E-state index is 11.3. The Balaban J connectivity index is 2.39. The van der Waals surface area contributed by atoms with E-state index in [1.165, 1.54) is 12.1 Å². The first kappa shape index (κ1) is 12.1. The number of piperazine rings is 1. The minimum absolute atomic E-state index is 0.0843. The second kappa shape index (κ2) is 4.86. The summed E-state index contributed by atoms with van der Waals surface area (Å²) in [5.74, 6) is 0.593. The summed E-state index contributed by atoms with van der Waals surface area (Å²) in [6.07, 6.45) is 0. The topological polar surface area (TPSA) is 100 Å². The van der Waals surface area contributed by atoms with Gasteiger partial charge in [-0.25, -0.2) is 4.98 Å². The summed E-state index contributed by atoms with van der Waals surface area (Å²) < 4.78 is 0. The van der Waals surface area contributed by atoms with Crippen molar-refractivity contribution >= 4 is 23.2 Å². The molecular weight excluding hydrogens is 238 g/mol. The zero-order chi connectivity index (χ0) is 13.1. The number of carbonyl (C=O) groups is 1. The second-order valence-electron chi connectivity index (χ2n) is 3.82. The lowest BCUT2D eigenvalue weighted by atomic mass is 10.3. The fraction of sp³-hybridized carbons (Fsp3) is 0.400.